The number of halogens is 1. The molecule has 1 atom stereocenters. The predicted octanol–water partition coefficient (Wildman–Crippen LogP) is 5.33. The number of ether oxygens (including phenoxy) is 2. The lowest BCUT2D eigenvalue weighted by molar-refractivity contribution is 0.0510. The molecule has 6 heteroatoms. The standard InChI is InChI=1S/C25H26FNO3S/c26-23-10-2-1-7-20(23)12-14-30-21-8-3-6-19(16-21)17-27(18-22-9-4-13-29-22)25(28)24-11-5-15-31-24/h1-3,5-8,10-11,15-16,22H,4,9,12-14,17-18H2. The molecular weight excluding hydrogens is 413 g/mol. The Balaban J connectivity index is 1.40. The lowest BCUT2D eigenvalue weighted by Crippen LogP contribution is -2.36. The highest BCUT2D eigenvalue weighted by atomic mass is 32.1. The van der Waals surface area contributed by atoms with Gasteiger partial charge in [0.25, 0.3) is 5.91 Å². The maximum atomic E-state index is 13.8. The summed E-state index contributed by atoms with van der Waals surface area (Å²) in [5, 5.41) is 1.92. The van der Waals surface area contributed by atoms with Crippen molar-refractivity contribution in [2.45, 2.75) is 31.9 Å². The minimum atomic E-state index is -0.211. The highest BCUT2D eigenvalue weighted by molar-refractivity contribution is 7.12. The summed E-state index contributed by atoms with van der Waals surface area (Å²) >= 11 is 1.45. The maximum Gasteiger partial charge on any atom is 0.264 e. The van der Waals surface area contributed by atoms with Crippen molar-refractivity contribution in [2.24, 2.45) is 0 Å². The van der Waals surface area contributed by atoms with Gasteiger partial charge in [-0.1, -0.05) is 36.4 Å². The van der Waals surface area contributed by atoms with E-state index in [9.17, 15) is 9.18 Å². The van der Waals surface area contributed by atoms with E-state index in [0.29, 0.717) is 31.7 Å². The molecule has 162 valence electrons. The number of hydrogen-bond acceptors (Lipinski definition) is 4. The van der Waals surface area contributed by atoms with E-state index in [-0.39, 0.29) is 17.8 Å². The molecule has 31 heavy (non-hydrogen) atoms. The van der Waals surface area contributed by atoms with Crippen molar-refractivity contribution in [3.8, 4) is 5.75 Å². The van der Waals surface area contributed by atoms with Crippen molar-refractivity contribution < 1.29 is 18.7 Å². The SMILES string of the molecule is O=C(c1cccs1)N(Cc1cccc(OCCc2ccccc2F)c1)CC1CCCO1. The Hall–Kier alpha value is -2.70. The molecule has 0 spiro atoms. The van der Waals surface area contributed by atoms with E-state index < -0.39 is 0 Å². The smallest absolute Gasteiger partial charge is 0.264 e. The first kappa shape index (κ1) is 21.5. The highest BCUT2D eigenvalue weighted by Crippen LogP contribution is 2.21. The van der Waals surface area contributed by atoms with Crippen molar-refractivity contribution in [2.75, 3.05) is 19.8 Å². The van der Waals surface area contributed by atoms with Gasteiger partial charge in [0, 0.05) is 26.1 Å². The fraction of sp³-hybridized carbons (Fsp3) is 0.320. The predicted molar refractivity (Wildman–Crippen MR) is 120 cm³/mol. The van der Waals surface area contributed by atoms with Crippen LogP contribution in [0.4, 0.5) is 4.39 Å². The molecule has 1 fully saturated rings. The zero-order valence-corrected chi connectivity index (χ0v) is 18.2. The highest BCUT2D eigenvalue weighted by Gasteiger charge is 2.24. The third-order valence-electron chi connectivity index (χ3n) is 5.34. The fourth-order valence-electron chi connectivity index (χ4n) is 3.74. The molecule has 1 unspecified atom stereocenters. The van der Waals surface area contributed by atoms with E-state index in [0.717, 1.165) is 35.6 Å². The zero-order chi connectivity index (χ0) is 21.5. The normalized spacial score (nSPS) is 15.7. The molecule has 3 aromatic rings. The molecule has 1 amide bonds. The second-order valence-electron chi connectivity index (χ2n) is 7.64. The summed E-state index contributed by atoms with van der Waals surface area (Å²) < 4.78 is 25.4. The minimum Gasteiger partial charge on any atom is -0.493 e. The Bertz CT molecular complexity index is 986. The number of thiophene rings is 1. The van der Waals surface area contributed by atoms with Crippen LogP contribution in [0.5, 0.6) is 5.75 Å². The Morgan fingerprint density at radius 3 is 2.84 bits per heavy atom. The molecule has 1 saturated heterocycles. The molecule has 1 aliphatic heterocycles. The van der Waals surface area contributed by atoms with Crippen molar-refractivity contribution >= 4 is 17.2 Å². The average molecular weight is 440 g/mol. The largest absolute Gasteiger partial charge is 0.493 e. The molecule has 0 radical (unpaired) electrons. The second kappa shape index (κ2) is 10.6. The summed E-state index contributed by atoms with van der Waals surface area (Å²) in [6, 6.07) is 18.3. The fourth-order valence-corrected chi connectivity index (χ4v) is 4.43. The number of amides is 1. The molecule has 0 N–H and O–H groups in total. The van der Waals surface area contributed by atoms with Crippen LogP contribution in [0.25, 0.3) is 0 Å². The number of nitrogens with zero attached hydrogens (tertiary/aromatic N) is 1. The quantitative estimate of drug-likeness (QED) is 0.452. The molecule has 0 saturated carbocycles. The van der Waals surface area contributed by atoms with Gasteiger partial charge in [0.1, 0.15) is 11.6 Å². The van der Waals surface area contributed by atoms with Gasteiger partial charge in [-0.3, -0.25) is 4.79 Å². The Labute approximate surface area is 186 Å². The molecule has 1 aromatic heterocycles. The lowest BCUT2D eigenvalue weighted by Gasteiger charge is -2.25. The first-order valence-electron chi connectivity index (χ1n) is 10.6. The van der Waals surface area contributed by atoms with Gasteiger partial charge >= 0.3 is 0 Å². The van der Waals surface area contributed by atoms with Crippen LogP contribution in [-0.4, -0.2) is 36.7 Å². The van der Waals surface area contributed by atoms with Crippen LogP contribution in [0.1, 0.15) is 33.6 Å². The monoisotopic (exact) mass is 439 g/mol. The minimum absolute atomic E-state index is 0.0244. The van der Waals surface area contributed by atoms with E-state index in [2.05, 4.69) is 0 Å². The molecular formula is C25H26FNO3S. The zero-order valence-electron chi connectivity index (χ0n) is 17.3. The Kier molecular flexibility index (Phi) is 7.33. The van der Waals surface area contributed by atoms with Crippen molar-refractivity contribution in [3.05, 3.63) is 87.9 Å². The van der Waals surface area contributed by atoms with Gasteiger partial charge in [0.15, 0.2) is 0 Å². The lowest BCUT2D eigenvalue weighted by atomic mass is 10.1. The van der Waals surface area contributed by atoms with Gasteiger partial charge in [-0.2, -0.15) is 0 Å². The number of carbonyl (C=O) groups is 1. The van der Waals surface area contributed by atoms with Crippen LogP contribution < -0.4 is 4.74 Å². The topological polar surface area (TPSA) is 38.8 Å². The second-order valence-corrected chi connectivity index (χ2v) is 8.58. The first-order chi connectivity index (χ1) is 15.2. The first-order valence-corrected chi connectivity index (χ1v) is 11.5. The average Bonchev–Trinajstić information content (AvgIpc) is 3.49. The molecule has 2 aromatic carbocycles. The number of carbonyl (C=O) groups excluding carboxylic acids is 1. The van der Waals surface area contributed by atoms with Crippen LogP contribution >= 0.6 is 11.3 Å². The van der Waals surface area contributed by atoms with E-state index in [1.54, 1.807) is 12.1 Å². The van der Waals surface area contributed by atoms with Crippen LogP contribution in [0.3, 0.4) is 0 Å². The molecule has 2 heterocycles. The summed E-state index contributed by atoms with van der Waals surface area (Å²) in [5.41, 5.74) is 1.63. The summed E-state index contributed by atoms with van der Waals surface area (Å²) in [5.74, 6) is 0.530. The van der Waals surface area contributed by atoms with Gasteiger partial charge < -0.3 is 14.4 Å². The van der Waals surface area contributed by atoms with Gasteiger partial charge in [-0.15, -0.1) is 11.3 Å². The van der Waals surface area contributed by atoms with E-state index >= 15 is 0 Å². The number of hydrogen-bond donors (Lipinski definition) is 0. The molecule has 4 nitrogen and oxygen atoms in total. The van der Waals surface area contributed by atoms with Crippen molar-refractivity contribution in [1.82, 2.24) is 4.90 Å². The number of benzene rings is 2. The van der Waals surface area contributed by atoms with Crippen LogP contribution in [0.2, 0.25) is 0 Å². The summed E-state index contributed by atoms with van der Waals surface area (Å²) in [6.45, 7) is 2.21. The maximum absolute atomic E-state index is 13.8. The van der Waals surface area contributed by atoms with E-state index in [1.807, 2.05) is 52.7 Å². The third kappa shape index (κ3) is 5.93. The van der Waals surface area contributed by atoms with Gasteiger partial charge in [0.2, 0.25) is 0 Å². The van der Waals surface area contributed by atoms with Gasteiger partial charge in [-0.05, 0) is 53.6 Å². The number of rotatable bonds is 9. The van der Waals surface area contributed by atoms with E-state index in [4.69, 9.17) is 9.47 Å². The molecule has 1 aliphatic rings. The summed E-state index contributed by atoms with van der Waals surface area (Å²) in [7, 11) is 0. The van der Waals surface area contributed by atoms with Crippen molar-refractivity contribution in [1.29, 1.82) is 0 Å². The third-order valence-corrected chi connectivity index (χ3v) is 6.19. The molecule has 4 rings (SSSR count). The van der Waals surface area contributed by atoms with Crippen molar-refractivity contribution in [3.63, 3.8) is 0 Å². The van der Waals surface area contributed by atoms with Crippen LogP contribution in [-0.2, 0) is 17.7 Å². The molecule has 0 bridgehead atoms. The summed E-state index contributed by atoms with van der Waals surface area (Å²) in [4.78, 5) is 15.7. The Morgan fingerprint density at radius 1 is 1.16 bits per heavy atom. The van der Waals surface area contributed by atoms with Gasteiger partial charge in [-0.25, -0.2) is 4.39 Å². The van der Waals surface area contributed by atoms with Crippen LogP contribution in [0, 0.1) is 5.82 Å². The van der Waals surface area contributed by atoms with Crippen LogP contribution in [0.15, 0.2) is 66.0 Å². The van der Waals surface area contributed by atoms with E-state index in [1.165, 1.54) is 17.4 Å². The summed E-state index contributed by atoms with van der Waals surface area (Å²) in [6.07, 6.45) is 2.60. The van der Waals surface area contributed by atoms with Gasteiger partial charge in [0.05, 0.1) is 17.6 Å². The Morgan fingerprint density at radius 2 is 2.06 bits per heavy atom. The molecule has 0 aliphatic carbocycles.